The molecule has 0 spiro atoms. The molecule has 1 aromatic carbocycles. The van der Waals surface area contributed by atoms with Crippen LogP contribution in [0.5, 0.6) is 11.5 Å². The number of aromatic hydroxyl groups is 1. The Balaban J connectivity index is 1.59. The van der Waals surface area contributed by atoms with Crippen LogP contribution in [0.1, 0.15) is 58.9 Å². The lowest BCUT2D eigenvalue weighted by molar-refractivity contribution is 0.103. The molecule has 9 heteroatoms. The van der Waals surface area contributed by atoms with Crippen LogP contribution < -0.4 is 20.7 Å². The van der Waals surface area contributed by atoms with E-state index in [1.807, 2.05) is 38.4 Å². The molecule has 42 heavy (non-hydrogen) atoms. The van der Waals surface area contributed by atoms with Gasteiger partial charge in [-0.1, -0.05) is 45.3 Å². The fourth-order valence-corrected chi connectivity index (χ4v) is 5.30. The zero-order valence-electron chi connectivity index (χ0n) is 26.0. The van der Waals surface area contributed by atoms with E-state index >= 15 is 0 Å². The Morgan fingerprint density at radius 3 is 2.69 bits per heavy atom. The summed E-state index contributed by atoms with van der Waals surface area (Å²) in [5.74, 6) is 0.731. The highest BCUT2D eigenvalue weighted by Gasteiger charge is 2.35. The van der Waals surface area contributed by atoms with Crippen LogP contribution in [0.2, 0.25) is 0 Å². The molecule has 0 aromatic heterocycles. The zero-order chi connectivity index (χ0) is 30.5. The number of nitrogens with one attached hydrogen (secondary N) is 3. The standard InChI is InChI=1S/C33H52N4O5/c1-6-8-9-32-26(20-38)15-27(42-32)12-10-24-11-13-31(40)33(14-24)41-21-30(35-7-2)28-16-25(18-37-28)23(4)29(19-34-5)36-17-22(3)39/h11,13-16,18,22-23,29-30,32,34-36,38-40H,6-10,12,17,19-21H2,1-5H3/t22-,23-,29-,30-,32?/m0/s1. The molecule has 2 aliphatic rings. The van der Waals surface area contributed by atoms with E-state index in [9.17, 15) is 15.3 Å². The van der Waals surface area contributed by atoms with Crippen LogP contribution in [0.4, 0.5) is 0 Å². The Morgan fingerprint density at radius 2 is 2.00 bits per heavy atom. The van der Waals surface area contributed by atoms with Gasteiger partial charge >= 0.3 is 0 Å². The van der Waals surface area contributed by atoms with Gasteiger partial charge in [0, 0.05) is 31.8 Å². The first-order valence-corrected chi connectivity index (χ1v) is 15.5. The van der Waals surface area contributed by atoms with E-state index in [-0.39, 0.29) is 36.5 Å². The van der Waals surface area contributed by atoms with Crippen molar-refractivity contribution < 1.29 is 24.8 Å². The Labute approximate surface area is 252 Å². The molecule has 3 rings (SSSR count). The minimum Gasteiger partial charge on any atom is -0.504 e. The minimum absolute atomic E-state index is 0.0188. The number of rotatable bonds is 20. The number of aliphatic hydroxyl groups excluding tert-OH is 2. The van der Waals surface area contributed by atoms with Crippen molar-refractivity contribution in [1.29, 1.82) is 0 Å². The summed E-state index contributed by atoms with van der Waals surface area (Å²) < 4.78 is 12.3. The van der Waals surface area contributed by atoms with Crippen LogP contribution >= 0.6 is 0 Å². The maximum Gasteiger partial charge on any atom is 0.176 e. The van der Waals surface area contributed by atoms with Gasteiger partial charge in [-0.05, 0) is 58.0 Å². The summed E-state index contributed by atoms with van der Waals surface area (Å²) in [5, 5.41) is 40.1. The number of hydrogen-bond acceptors (Lipinski definition) is 9. The summed E-state index contributed by atoms with van der Waals surface area (Å²) in [6, 6.07) is 6.37. The monoisotopic (exact) mass is 584 g/mol. The molecule has 0 saturated carbocycles. The zero-order valence-corrected chi connectivity index (χ0v) is 26.0. The Morgan fingerprint density at radius 1 is 1.19 bits per heavy atom. The number of ether oxygens (including phenoxy) is 2. The average molecular weight is 585 g/mol. The number of hydrogen-bond donors (Lipinski definition) is 6. The summed E-state index contributed by atoms with van der Waals surface area (Å²) in [6.07, 6.45) is 11.0. The number of phenolic OH excluding ortho intramolecular Hbond substituents is 1. The van der Waals surface area contributed by atoms with Crippen LogP contribution in [0.25, 0.3) is 0 Å². The molecule has 234 valence electrons. The van der Waals surface area contributed by atoms with Crippen LogP contribution in [0.15, 0.2) is 46.5 Å². The smallest absolute Gasteiger partial charge is 0.176 e. The highest BCUT2D eigenvalue weighted by Crippen LogP contribution is 2.33. The highest BCUT2D eigenvalue weighted by atomic mass is 16.5. The van der Waals surface area contributed by atoms with E-state index in [4.69, 9.17) is 14.5 Å². The summed E-state index contributed by atoms with van der Waals surface area (Å²) in [4.78, 5) is 4.72. The third-order valence-electron chi connectivity index (χ3n) is 7.86. The molecule has 0 radical (unpaired) electrons. The van der Waals surface area contributed by atoms with Gasteiger partial charge in [0.15, 0.2) is 23.8 Å². The van der Waals surface area contributed by atoms with Gasteiger partial charge in [-0.2, -0.15) is 11.6 Å². The molecule has 6 N–H and O–H groups in total. The highest BCUT2D eigenvalue weighted by molar-refractivity contribution is 5.84. The summed E-state index contributed by atoms with van der Waals surface area (Å²) >= 11 is 0. The van der Waals surface area contributed by atoms with Gasteiger partial charge in [-0.3, -0.25) is 5.32 Å². The first kappa shape index (κ1) is 34.0. The number of aryl methyl sites for hydroxylation is 1. The Kier molecular flexibility index (Phi) is 14.2. The molecule has 2 aliphatic heterocycles. The summed E-state index contributed by atoms with van der Waals surface area (Å²) in [7, 11) is 1.93. The molecule has 0 fully saturated rings. The van der Waals surface area contributed by atoms with Crippen molar-refractivity contribution >= 4 is 6.21 Å². The Hall–Kier alpha value is -2.53. The predicted octanol–water partition coefficient (Wildman–Crippen LogP) is 3.46. The molecule has 5 atom stereocenters. The molecule has 2 heterocycles. The molecule has 0 amide bonds. The molecule has 0 saturated heterocycles. The van der Waals surface area contributed by atoms with E-state index in [1.165, 1.54) is 0 Å². The van der Waals surface area contributed by atoms with Gasteiger partial charge in [0.2, 0.25) is 0 Å². The van der Waals surface area contributed by atoms with Crippen LogP contribution in [-0.2, 0) is 11.2 Å². The third kappa shape index (κ3) is 10.0. The maximum absolute atomic E-state index is 10.5. The molecule has 0 aliphatic carbocycles. The van der Waals surface area contributed by atoms with Crippen LogP contribution in [0.3, 0.4) is 0 Å². The van der Waals surface area contributed by atoms with Gasteiger partial charge in [0.1, 0.15) is 18.2 Å². The fraction of sp³-hybridized carbons (Fsp3) is 0.606. The Bertz CT molecular complexity index is 1040. The van der Waals surface area contributed by atoms with Crippen LogP contribution in [0, 0.1) is 18.1 Å². The topological polar surface area (TPSA) is 128 Å². The molecule has 0 bridgehead atoms. The normalized spacial score (nSPS) is 19.5. The number of benzene rings is 1. The average Bonchev–Trinajstić information content (AvgIpc) is 3.63. The van der Waals surface area contributed by atoms with Crippen LogP contribution in [-0.4, -0.2) is 85.7 Å². The maximum atomic E-state index is 10.5. The van der Waals surface area contributed by atoms with Crippen molar-refractivity contribution in [2.45, 2.75) is 84.1 Å². The lowest BCUT2D eigenvalue weighted by Crippen LogP contribution is -2.45. The number of likely N-dealkylation sites (N-methyl/N-ethyl adjacent to an activating group) is 2. The SMILES string of the molecule is CCCCC1O[C-](CCc2ccc(O)c(OC[C@H](NCC)[C+]3C=C([C@H](C)[C@H](CNC)NC[C@H](C)O)C=N3)c2)C=C1CO. The van der Waals surface area contributed by atoms with Crippen molar-refractivity contribution in [2.75, 3.05) is 39.9 Å². The second-order valence-corrected chi connectivity index (χ2v) is 11.4. The van der Waals surface area contributed by atoms with E-state index in [2.05, 4.69) is 35.9 Å². The van der Waals surface area contributed by atoms with E-state index < -0.39 is 6.10 Å². The lowest BCUT2D eigenvalue weighted by atomic mass is 9.92. The number of phenols is 1. The number of unbranched alkanes of at least 4 members (excludes halogenated alkanes) is 1. The van der Waals surface area contributed by atoms with Gasteiger partial charge in [0.05, 0.1) is 18.1 Å². The molecule has 1 unspecified atom stereocenters. The molecular formula is C33H52N4O5. The first-order chi connectivity index (χ1) is 20.3. The van der Waals surface area contributed by atoms with Gasteiger partial charge < -0.3 is 35.4 Å². The second kappa shape index (κ2) is 17.6. The van der Waals surface area contributed by atoms with Crippen molar-refractivity contribution in [2.24, 2.45) is 10.9 Å². The van der Waals surface area contributed by atoms with E-state index in [0.29, 0.717) is 18.9 Å². The van der Waals surface area contributed by atoms with Gasteiger partial charge in [-0.25, -0.2) is 0 Å². The van der Waals surface area contributed by atoms with E-state index in [0.717, 1.165) is 74.0 Å². The number of nitrogens with zero attached hydrogens (tertiary/aromatic N) is 1. The predicted molar refractivity (Wildman–Crippen MR) is 169 cm³/mol. The quantitative estimate of drug-likeness (QED) is 0.129. The molecule has 9 nitrogen and oxygen atoms in total. The van der Waals surface area contributed by atoms with E-state index in [1.54, 1.807) is 13.0 Å². The lowest BCUT2D eigenvalue weighted by Gasteiger charge is -2.24. The third-order valence-corrected chi connectivity index (χ3v) is 7.86. The van der Waals surface area contributed by atoms with Gasteiger partial charge in [0.25, 0.3) is 0 Å². The second-order valence-electron chi connectivity index (χ2n) is 11.4. The van der Waals surface area contributed by atoms with Gasteiger partial charge in [-0.15, -0.1) is 4.99 Å². The summed E-state index contributed by atoms with van der Waals surface area (Å²) in [5.41, 5.74) is 3.12. The number of aliphatic hydroxyl groups is 2. The van der Waals surface area contributed by atoms with Crippen molar-refractivity contribution in [3.05, 3.63) is 59.2 Å². The largest absolute Gasteiger partial charge is 0.504 e. The number of aliphatic imine (C=N–C) groups is 1. The molecular weight excluding hydrogens is 532 g/mol. The fourth-order valence-electron chi connectivity index (χ4n) is 5.30. The van der Waals surface area contributed by atoms with Crippen molar-refractivity contribution in [1.82, 2.24) is 16.0 Å². The van der Waals surface area contributed by atoms with Crippen molar-refractivity contribution in [3.8, 4) is 11.5 Å². The molecule has 1 aromatic rings. The van der Waals surface area contributed by atoms with Crippen molar-refractivity contribution in [3.63, 3.8) is 0 Å². The summed E-state index contributed by atoms with van der Waals surface area (Å²) in [6.45, 7) is 10.5. The first-order valence-electron chi connectivity index (χ1n) is 15.5. The minimum atomic E-state index is -0.413.